The van der Waals surface area contributed by atoms with Gasteiger partial charge >= 0.3 is 0 Å². The van der Waals surface area contributed by atoms with Gasteiger partial charge in [0.15, 0.2) is 34.5 Å². The second-order valence-corrected chi connectivity index (χ2v) is 8.83. The summed E-state index contributed by atoms with van der Waals surface area (Å²) in [6.07, 6.45) is 3.48. The number of hydrogen-bond donors (Lipinski definition) is 1. The standard InChI is InChI=1S/C31H31NO7/c1-36-24-14-11-21(18-26(24)38-3)16-17-32-29(22-12-15-25(37-2)27(19-22)39-4)28(30(34)31(32)35)23(33)13-10-20-8-6-5-7-9-20/h5-15,18-19,29,34H,16-17H2,1-4H3/b13-10+. The molecule has 1 atom stereocenters. The molecule has 4 rings (SSSR count). The summed E-state index contributed by atoms with van der Waals surface area (Å²) in [4.78, 5) is 28.3. The lowest BCUT2D eigenvalue weighted by atomic mass is 9.95. The lowest BCUT2D eigenvalue weighted by molar-refractivity contribution is -0.129. The Morgan fingerprint density at radius 1 is 0.846 bits per heavy atom. The van der Waals surface area contributed by atoms with Crippen LogP contribution in [0.2, 0.25) is 0 Å². The summed E-state index contributed by atoms with van der Waals surface area (Å²) >= 11 is 0. The molecule has 202 valence electrons. The van der Waals surface area contributed by atoms with Crippen molar-refractivity contribution in [3.05, 3.63) is 101 Å². The molecular formula is C31H31NO7. The van der Waals surface area contributed by atoms with Gasteiger partial charge in [-0.25, -0.2) is 0 Å². The summed E-state index contributed by atoms with van der Waals surface area (Å²) in [5.74, 6) is 0.476. The third-order valence-corrected chi connectivity index (χ3v) is 6.61. The van der Waals surface area contributed by atoms with E-state index in [0.717, 1.165) is 11.1 Å². The maximum atomic E-state index is 13.4. The van der Waals surface area contributed by atoms with Gasteiger partial charge in [-0.2, -0.15) is 0 Å². The highest BCUT2D eigenvalue weighted by atomic mass is 16.5. The van der Waals surface area contributed by atoms with Crippen molar-refractivity contribution in [3.63, 3.8) is 0 Å². The number of aliphatic hydroxyl groups is 1. The molecule has 1 N–H and O–H groups in total. The summed E-state index contributed by atoms with van der Waals surface area (Å²) in [6, 6.07) is 19.2. The summed E-state index contributed by atoms with van der Waals surface area (Å²) in [5, 5.41) is 10.9. The molecule has 3 aromatic carbocycles. The highest BCUT2D eigenvalue weighted by Gasteiger charge is 2.43. The quantitative estimate of drug-likeness (QED) is 0.352. The third kappa shape index (κ3) is 5.75. The van der Waals surface area contributed by atoms with Crippen LogP contribution in [-0.2, 0) is 16.0 Å². The van der Waals surface area contributed by atoms with Crippen LogP contribution in [0, 0.1) is 0 Å². The second kappa shape index (κ2) is 12.2. The summed E-state index contributed by atoms with van der Waals surface area (Å²) in [5.41, 5.74) is 2.33. The maximum Gasteiger partial charge on any atom is 0.290 e. The Morgan fingerprint density at radius 2 is 1.46 bits per heavy atom. The zero-order valence-electron chi connectivity index (χ0n) is 22.3. The Hall–Kier alpha value is -4.72. The van der Waals surface area contributed by atoms with Crippen molar-refractivity contribution in [2.24, 2.45) is 0 Å². The number of ether oxygens (including phenoxy) is 4. The molecule has 3 aromatic rings. The molecule has 1 heterocycles. The van der Waals surface area contributed by atoms with Crippen LogP contribution < -0.4 is 18.9 Å². The lowest BCUT2D eigenvalue weighted by Gasteiger charge is -2.27. The van der Waals surface area contributed by atoms with Crippen LogP contribution >= 0.6 is 0 Å². The van der Waals surface area contributed by atoms with Crippen molar-refractivity contribution in [2.75, 3.05) is 35.0 Å². The topological polar surface area (TPSA) is 94.5 Å². The van der Waals surface area contributed by atoms with Gasteiger partial charge in [0.2, 0.25) is 0 Å². The van der Waals surface area contributed by atoms with Crippen molar-refractivity contribution in [1.82, 2.24) is 4.90 Å². The molecule has 0 saturated heterocycles. The van der Waals surface area contributed by atoms with Gasteiger partial charge < -0.3 is 29.0 Å². The normalized spacial score (nSPS) is 15.1. The van der Waals surface area contributed by atoms with Crippen LogP contribution in [0.4, 0.5) is 0 Å². The minimum atomic E-state index is -0.828. The van der Waals surface area contributed by atoms with Gasteiger partial charge in [0.25, 0.3) is 5.91 Å². The van der Waals surface area contributed by atoms with Gasteiger partial charge in [-0.1, -0.05) is 48.5 Å². The molecule has 0 bridgehead atoms. The van der Waals surface area contributed by atoms with Crippen LogP contribution in [-0.4, -0.2) is 56.7 Å². The predicted octanol–water partition coefficient (Wildman–Crippen LogP) is 4.94. The van der Waals surface area contributed by atoms with Crippen LogP contribution in [0.25, 0.3) is 6.08 Å². The minimum Gasteiger partial charge on any atom is -0.503 e. The van der Waals surface area contributed by atoms with Crippen molar-refractivity contribution < 1.29 is 33.6 Å². The average molecular weight is 530 g/mol. The van der Waals surface area contributed by atoms with Crippen molar-refractivity contribution >= 4 is 17.8 Å². The number of hydrogen-bond acceptors (Lipinski definition) is 7. The molecule has 1 amide bonds. The zero-order chi connectivity index (χ0) is 27.9. The van der Waals surface area contributed by atoms with Gasteiger partial charge in [0.05, 0.1) is 40.1 Å². The minimum absolute atomic E-state index is 0.00622. The Kier molecular flexibility index (Phi) is 8.56. The number of carbonyl (C=O) groups is 2. The first-order valence-electron chi connectivity index (χ1n) is 12.4. The summed E-state index contributed by atoms with van der Waals surface area (Å²) < 4.78 is 21.6. The fourth-order valence-electron chi connectivity index (χ4n) is 4.62. The van der Waals surface area contributed by atoms with Gasteiger partial charge in [0, 0.05) is 6.54 Å². The lowest BCUT2D eigenvalue weighted by Crippen LogP contribution is -2.33. The molecule has 1 aliphatic heterocycles. The predicted molar refractivity (Wildman–Crippen MR) is 147 cm³/mol. The fraction of sp³-hybridized carbons (Fsp3) is 0.226. The molecule has 0 fully saturated rings. The van der Waals surface area contributed by atoms with E-state index >= 15 is 0 Å². The number of amides is 1. The first-order chi connectivity index (χ1) is 18.9. The van der Waals surface area contributed by atoms with Crippen LogP contribution in [0.5, 0.6) is 23.0 Å². The first kappa shape index (κ1) is 27.3. The fourth-order valence-corrected chi connectivity index (χ4v) is 4.62. The number of allylic oxidation sites excluding steroid dienone is 1. The molecule has 0 saturated carbocycles. The van der Waals surface area contributed by atoms with Gasteiger partial charge in [0.1, 0.15) is 0 Å². The van der Waals surface area contributed by atoms with Gasteiger partial charge in [-0.05, 0) is 53.5 Å². The number of aliphatic hydroxyl groups excluding tert-OH is 1. The van der Waals surface area contributed by atoms with E-state index in [9.17, 15) is 14.7 Å². The molecule has 1 aliphatic rings. The average Bonchev–Trinajstić information content (AvgIpc) is 3.23. The maximum absolute atomic E-state index is 13.4. The van der Waals surface area contributed by atoms with Gasteiger partial charge in [-0.3, -0.25) is 9.59 Å². The van der Waals surface area contributed by atoms with Crippen LogP contribution in [0.1, 0.15) is 22.7 Å². The van der Waals surface area contributed by atoms with E-state index in [0.29, 0.717) is 35.0 Å². The summed E-state index contributed by atoms with van der Waals surface area (Å²) in [7, 11) is 6.16. The third-order valence-electron chi connectivity index (χ3n) is 6.61. The van der Waals surface area contributed by atoms with Crippen molar-refractivity contribution in [2.45, 2.75) is 12.5 Å². The number of benzene rings is 3. The molecule has 1 unspecified atom stereocenters. The van der Waals surface area contributed by atoms with E-state index in [1.54, 1.807) is 44.6 Å². The molecule has 0 aliphatic carbocycles. The van der Waals surface area contributed by atoms with E-state index in [1.807, 2.05) is 42.5 Å². The van der Waals surface area contributed by atoms with Crippen LogP contribution in [0.15, 0.2) is 84.1 Å². The Bertz CT molecular complexity index is 1410. The first-order valence-corrected chi connectivity index (χ1v) is 12.4. The Morgan fingerprint density at radius 3 is 2.10 bits per heavy atom. The number of rotatable bonds is 11. The number of nitrogens with zero attached hydrogens (tertiary/aromatic N) is 1. The summed E-state index contributed by atoms with van der Waals surface area (Å²) in [6.45, 7) is 0.233. The van der Waals surface area contributed by atoms with Crippen LogP contribution in [0.3, 0.4) is 0 Å². The highest BCUT2D eigenvalue weighted by Crippen LogP contribution is 2.41. The number of ketones is 1. The Labute approximate surface area is 227 Å². The van der Waals surface area contributed by atoms with E-state index in [-0.39, 0.29) is 12.1 Å². The molecular weight excluding hydrogens is 498 g/mol. The second-order valence-electron chi connectivity index (χ2n) is 8.83. The SMILES string of the molecule is COc1ccc(CCN2C(=O)C(O)=C(C(=O)/C=C/c3ccccc3)C2c2ccc(OC)c(OC)c2)cc1OC. The van der Waals surface area contributed by atoms with E-state index in [2.05, 4.69) is 0 Å². The largest absolute Gasteiger partial charge is 0.503 e. The zero-order valence-corrected chi connectivity index (χ0v) is 22.3. The molecule has 0 radical (unpaired) electrons. The smallest absolute Gasteiger partial charge is 0.290 e. The molecule has 39 heavy (non-hydrogen) atoms. The molecule has 0 aromatic heterocycles. The van der Waals surface area contributed by atoms with Crippen molar-refractivity contribution in [1.29, 1.82) is 0 Å². The number of methoxy groups -OCH3 is 4. The van der Waals surface area contributed by atoms with E-state index in [1.165, 1.54) is 25.2 Å². The monoisotopic (exact) mass is 529 g/mol. The van der Waals surface area contributed by atoms with Crippen molar-refractivity contribution in [3.8, 4) is 23.0 Å². The molecule has 8 heteroatoms. The molecule has 8 nitrogen and oxygen atoms in total. The van der Waals surface area contributed by atoms with Gasteiger partial charge in [-0.15, -0.1) is 0 Å². The van der Waals surface area contributed by atoms with E-state index in [4.69, 9.17) is 18.9 Å². The highest BCUT2D eigenvalue weighted by molar-refractivity contribution is 6.14. The number of carbonyl (C=O) groups excluding carboxylic acids is 2. The Balaban J connectivity index is 1.70. The molecule has 0 spiro atoms. The van der Waals surface area contributed by atoms with E-state index < -0.39 is 23.5 Å².